The Hall–Kier alpha value is -2.65. The lowest BCUT2D eigenvalue weighted by atomic mass is 9.96. The highest BCUT2D eigenvalue weighted by atomic mass is 16.5. The molecular formula is C23H24N2O. The molecule has 4 rings (SSSR count). The number of pyridine rings is 1. The molecule has 0 aliphatic carbocycles. The maximum Gasteiger partial charge on any atom is 0.219 e. The number of para-hydroxylation sites is 1. The van der Waals surface area contributed by atoms with Gasteiger partial charge in [-0.05, 0) is 42.6 Å². The predicted octanol–water partition coefficient (Wildman–Crippen LogP) is 5.60. The second-order valence-corrected chi connectivity index (χ2v) is 6.81. The summed E-state index contributed by atoms with van der Waals surface area (Å²) in [6, 6.07) is 25.1. The van der Waals surface area contributed by atoms with E-state index in [1.165, 1.54) is 30.4 Å². The first-order valence-electron chi connectivity index (χ1n) is 9.35. The third kappa shape index (κ3) is 4.12. The normalized spacial score (nSPS) is 17.8. The summed E-state index contributed by atoms with van der Waals surface area (Å²) < 4.78 is 5.82. The highest BCUT2D eigenvalue weighted by molar-refractivity contribution is 5.28. The summed E-state index contributed by atoms with van der Waals surface area (Å²) in [5, 5.41) is 0. The van der Waals surface area contributed by atoms with E-state index in [-0.39, 0.29) is 0 Å². The van der Waals surface area contributed by atoms with E-state index >= 15 is 0 Å². The molecule has 2 heterocycles. The van der Waals surface area contributed by atoms with Gasteiger partial charge >= 0.3 is 0 Å². The van der Waals surface area contributed by atoms with Crippen LogP contribution < -0.4 is 4.74 Å². The van der Waals surface area contributed by atoms with E-state index in [2.05, 4.69) is 46.3 Å². The topological polar surface area (TPSA) is 25.4 Å². The van der Waals surface area contributed by atoms with Crippen LogP contribution in [0, 0.1) is 0 Å². The molecule has 3 nitrogen and oxygen atoms in total. The molecule has 2 aromatic carbocycles. The molecule has 0 radical (unpaired) electrons. The highest BCUT2D eigenvalue weighted by Crippen LogP contribution is 2.32. The Balaban J connectivity index is 1.47. The first kappa shape index (κ1) is 16.8. The number of likely N-dealkylation sites (tertiary alicyclic amines) is 1. The number of hydrogen-bond donors (Lipinski definition) is 0. The molecular weight excluding hydrogens is 320 g/mol. The third-order valence-electron chi connectivity index (χ3n) is 4.95. The number of piperidine rings is 1. The van der Waals surface area contributed by atoms with Crippen molar-refractivity contribution in [2.45, 2.75) is 31.8 Å². The fraction of sp³-hybridized carbons (Fsp3) is 0.261. The van der Waals surface area contributed by atoms with Gasteiger partial charge in [0.15, 0.2) is 0 Å². The van der Waals surface area contributed by atoms with Gasteiger partial charge in [0.2, 0.25) is 5.88 Å². The van der Waals surface area contributed by atoms with E-state index in [9.17, 15) is 0 Å². The minimum Gasteiger partial charge on any atom is -0.439 e. The lowest BCUT2D eigenvalue weighted by Gasteiger charge is -2.36. The van der Waals surface area contributed by atoms with Crippen LogP contribution in [0.2, 0.25) is 0 Å². The van der Waals surface area contributed by atoms with Crippen molar-refractivity contribution in [3.05, 3.63) is 90.1 Å². The van der Waals surface area contributed by atoms with Gasteiger partial charge < -0.3 is 4.74 Å². The number of rotatable bonds is 5. The Labute approximate surface area is 155 Å². The van der Waals surface area contributed by atoms with Crippen LogP contribution in [0.25, 0.3) is 0 Å². The van der Waals surface area contributed by atoms with Crippen LogP contribution in [0.5, 0.6) is 11.6 Å². The van der Waals surface area contributed by atoms with E-state index < -0.39 is 0 Å². The van der Waals surface area contributed by atoms with Gasteiger partial charge in [0.05, 0.1) is 0 Å². The van der Waals surface area contributed by atoms with Crippen molar-refractivity contribution < 1.29 is 4.74 Å². The number of ether oxygens (including phenoxy) is 1. The van der Waals surface area contributed by atoms with Crippen molar-refractivity contribution in [3.8, 4) is 11.6 Å². The molecule has 1 aromatic heterocycles. The van der Waals surface area contributed by atoms with Crippen LogP contribution in [0.1, 0.15) is 36.4 Å². The smallest absolute Gasteiger partial charge is 0.219 e. The Morgan fingerprint density at radius 2 is 1.65 bits per heavy atom. The summed E-state index contributed by atoms with van der Waals surface area (Å²) in [5.74, 6) is 1.46. The molecule has 3 heteroatoms. The van der Waals surface area contributed by atoms with Gasteiger partial charge in [0.1, 0.15) is 5.75 Å². The molecule has 1 saturated heterocycles. The lowest BCUT2D eigenvalue weighted by molar-refractivity contribution is 0.140. The molecule has 0 bridgehead atoms. The SMILES string of the molecule is c1ccc(CN2CCCC[C@H]2c2ccc(Oc3ccccc3)nc2)cc1. The number of benzene rings is 2. The third-order valence-corrected chi connectivity index (χ3v) is 4.95. The summed E-state index contributed by atoms with van der Waals surface area (Å²) in [4.78, 5) is 7.12. The van der Waals surface area contributed by atoms with Gasteiger partial charge in [-0.15, -0.1) is 0 Å². The Bertz CT molecular complexity index is 803. The minimum atomic E-state index is 0.433. The largest absolute Gasteiger partial charge is 0.439 e. The molecule has 0 unspecified atom stereocenters. The van der Waals surface area contributed by atoms with Crippen molar-refractivity contribution in [2.75, 3.05) is 6.54 Å². The molecule has 0 saturated carbocycles. The zero-order valence-corrected chi connectivity index (χ0v) is 14.9. The first-order valence-corrected chi connectivity index (χ1v) is 9.35. The standard InChI is InChI=1S/C23H24N2O/c1-3-9-19(10-4-1)18-25-16-8-7-13-22(25)20-14-15-23(24-17-20)26-21-11-5-2-6-12-21/h1-6,9-12,14-15,17,22H,7-8,13,16,18H2/t22-/m0/s1. The highest BCUT2D eigenvalue weighted by Gasteiger charge is 2.24. The Morgan fingerprint density at radius 1 is 0.885 bits per heavy atom. The van der Waals surface area contributed by atoms with Crippen molar-refractivity contribution >= 4 is 0 Å². The molecule has 1 atom stereocenters. The van der Waals surface area contributed by atoms with Crippen molar-refractivity contribution in [1.82, 2.24) is 9.88 Å². The van der Waals surface area contributed by atoms with E-state index in [1.807, 2.05) is 42.6 Å². The molecule has 3 aromatic rings. The molecule has 1 fully saturated rings. The molecule has 132 valence electrons. The number of nitrogens with zero attached hydrogens (tertiary/aromatic N) is 2. The number of hydrogen-bond acceptors (Lipinski definition) is 3. The summed E-state index contributed by atoms with van der Waals surface area (Å²) in [7, 11) is 0. The van der Waals surface area contributed by atoms with Crippen LogP contribution in [-0.4, -0.2) is 16.4 Å². The number of aromatic nitrogens is 1. The fourth-order valence-corrected chi connectivity index (χ4v) is 3.63. The van der Waals surface area contributed by atoms with E-state index in [1.54, 1.807) is 0 Å². The van der Waals surface area contributed by atoms with Gasteiger partial charge in [0, 0.05) is 24.8 Å². The zero-order valence-electron chi connectivity index (χ0n) is 14.9. The van der Waals surface area contributed by atoms with Crippen LogP contribution in [0.3, 0.4) is 0 Å². The second-order valence-electron chi connectivity index (χ2n) is 6.81. The molecule has 0 spiro atoms. The molecule has 0 N–H and O–H groups in total. The summed E-state index contributed by atoms with van der Waals surface area (Å²) in [5.41, 5.74) is 2.65. The molecule has 1 aliphatic rings. The summed E-state index contributed by atoms with van der Waals surface area (Å²) in [6.07, 6.45) is 5.71. The maximum atomic E-state index is 5.82. The zero-order chi connectivity index (χ0) is 17.6. The van der Waals surface area contributed by atoms with E-state index in [4.69, 9.17) is 4.74 Å². The van der Waals surface area contributed by atoms with Crippen molar-refractivity contribution in [3.63, 3.8) is 0 Å². The van der Waals surface area contributed by atoms with Crippen LogP contribution in [-0.2, 0) is 6.54 Å². The molecule has 26 heavy (non-hydrogen) atoms. The first-order chi connectivity index (χ1) is 12.9. The monoisotopic (exact) mass is 344 g/mol. The lowest BCUT2D eigenvalue weighted by Crippen LogP contribution is -2.32. The van der Waals surface area contributed by atoms with Gasteiger partial charge in [-0.25, -0.2) is 4.98 Å². The van der Waals surface area contributed by atoms with Gasteiger partial charge in [0.25, 0.3) is 0 Å². The Morgan fingerprint density at radius 3 is 2.38 bits per heavy atom. The van der Waals surface area contributed by atoms with Crippen LogP contribution >= 0.6 is 0 Å². The fourth-order valence-electron chi connectivity index (χ4n) is 3.63. The quantitative estimate of drug-likeness (QED) is 0.602. The summed E-state index contributed by atoms with van der Waals surface area (Å²) in [6.45, 7) is 2.13. The van der Waals surface area contributed by atoms with Crippen molar-refractivity contribution in [1.29, 1.82) is 0 Å². The minimum absolute atomic E-state index is 0.433. The average Bonchev–Trinajstić information content (AvgIpc) is 2.71. The predicted molar refractivity (Wildman–Crippen MR) is 104 cm³/mol. The molecule has 1 aliphatic heterocycles. The van der Waals surface area contributed by atoms with Gasteiger partial charge in [-0.1, -0.05) is 61.0 Å². The van der Waals surface area contributed by atoms with Crippen molar-refractivity contribution in [2.24, 2.45) is 0 Å². The Kier molecular flexibility index (Phi) is 5.27. The molecule has 0 amide bonds. The maximum absolute atomic E-state index is 5.82. The van der Waals surface area contributed by atoms with E-state index in [0.29, 0.717) is 11.9 Å². The van der Waals surface area contributed by atoms with Crippen LogP contribution in [0.15, 0.2) is 79.0 Å². The van der Waals surface area contributed by atoms with Gasteiger partial charge in [-0.2, -0.15) is 0 Å². The van der Waals surface area contributed by atoms with Gasteiger partial charge in [-0.3, -0.25) is 4.90 Å². The van der Waals surface area contributed by atoms with Crippen LogP contribution in [0.4, 0.5) is 0 Å². The van der Waals surface area contributed by atoms with E-state index in [0.717, 1.165) is 18.8 Å². The second kappa shape index (κ2) is 8.15. The summed E-state index contributed by atoms with van der Waals surface area (Å²) >= 11 is 0. The average molecular weight is 344 g/mol.